The summed E-state index contributed by atoms with van der Waals surface area (Å²) in [6.07, 6.45) is 4.77. The van der Waals surface area contributed by atoms with E-state index in [-0.39, 0.29) is 0 Å². The van der Waals surface area contributed by atoms with Crippen molar-refractivity contribution in [1.82, 2.24) is 14.9 Å². The monoisotopic (exact) mass is 443 g/mol. The van der Waals surface area contributed by atoms with Crippen LogP contribution in [0.25, 0.3) is 33.2 Å². The number of H-pyrrole nitrogens is 1. The Hall–Kier alpha value is -3.35. The van der Waals surface area contributed by atoms with Crippen LogP contribution in [0.15, 0.2) is 60.9 Å². The summed E-state index contributed by atoms with van der Waals surface area (Å²) in [5.74, 6) is 1.68. The van der Waals surface area contributed by atoms with Crippen LogP contribution >= 0.6 is 0 Å². The molecule has 4 aromatic rings. The number of nitrogens with zero attached hydrogens (tertiary/aromatic N) is 2. The molecule has 6 heteroatoms. The van der Waals surface area contributed by atoms with Gasteiger partial charge in [0.25, 0.3) is 0 Å². The summed E-state index contributed by atoms with van der Waals surface area (Å²) >= 11 is 0. The molecule has 3 heterocycles. The smallest absolute Gasteiger partial charge is 0.142 e. The number of ether oxygens (including phenoxy) is 3. The van der Waals surface area contributed by atoms with Gasteiger partial charge in [-0.25, -0.2) is 0 Å². The first-order valence-corrected chi connectivity index (χ1v) is 11.3. The van der Waals surface area contributed by atoms with Crippen molar-refractivity contribution < 1.29 is 14.2 Å². The van der Waals surface area contributed by atoms with Crippen LogP contribution in [0.5, 0.6) is 11.5 Å². The van der Waals surface area contributed by atoms with Crippen LogP contribution in [0.1, 0.15) is 5.69 Å². The largest absolute Gasteiger partial charge is 0.497 e. The molecule has 0 unspecified atom stereocenters. The van der Waals surface area contributed by atoms with Crippen molar-refractivity contribution >= 4 is 10.9 Å². The number of aromatic nitrogens is 2. The number of nitrogens with one attached hydrogen (secondary N) is 1. The molecule has 0 radical (unpaired) electrons. The topological polar surface area (TPSA) is 59.6 Å². The van der Waals surface area contributed by atoms with Crippen LogP contribution in [0.2, 0.25) is 0 Å². The van der Waals surface area contributed by atoms with E-state index >= 15 is 0 Å². The van der Waals surface area contributed by atoms with Crippen LogP contribution in [-0.2, 0) is 11.2 Å². The number of pyridine rings is 1. The summed E-state index contributed by atoms with van der Waals surface area (Å²) in [4.78, 5) is 10.7. The summed E-state index contributed by atoms with van der Waals surface area (Å²) in [7, 11) is 3.40. The van der Waals surface area contributed by atoms with E-state index in [2.05, 4.69) is 33.1 Å². The average molecular weight is 444 g/mol. The third kappa shape index (κ3) is 4.45. The third-order valence-corrected chi connectivity index (χ3v) is 6.30. The number of methoxy groups -OCH3 is 2. The quantitative estimate of drug-likeness (QED) is 0.445. The molecular formula is C27H29N3O3. The second-order valence-electron chi connectivity index (χ2n) is 8.26. The fourth-order valence-electron chi connectivity index (χ4n) is 4.56. The number of fused-ring (bicyclic) bond motifs is 1. The third-order valence-electron chi connectivity index (χ3n) is 6.30. The van der Waals surface area contributed by atoms with Gasteiger partial charge in [-0.1, -0.05) is 24.3 Å². The highest BCUT2D eigenvalue weighted by Gasteiger charge is 2.18. The van der Waals surface area contributed by atoms with Gasteiger partial charge in [0.1, 0.15) is 11.5 Å². The van der Waals surface area contributed by atoms with Gasteiger partial charge in [-0.3, -0.25) is 9.88 Å². The van der Waals surface area contributed by atoms with Gasteiger partial charge in [0, 0.05) is 66.2 Å². The highest BCUT2D eigenvalue weighted by Crippen LogP contribution is 2.38. The summed E-state index contributed by atoms with van der Waals surface area (Å²) in [5.41, 5.74) is 6.64. The molecule has 1 fully saturated rings. The fourth-order valence-corrected chi connectivity index (χ4v) is 4.56. The molecule has 1 aliphatic rings. The lowest BCUT2D eigenvalue weighted by Crippen LogP contribution is -2.37. The van der Waals surface area contributed by atoms with Crippen LogP contribution in [0.4, 0.5) is 0 Å². The number of hydrogen-bond acceptors (Lipinski definition) is 5. The van der Waals surface area contributed by atoms with Gasteiger partial charge >= 0.3 is 0 Å². The Morgan fingerprint density at radius 1 is 0.939 bits per heavy atom. The molecule has 170 valence electrons. The molecule has 1 aliphatic heterocycles. The van der Waals surface area contributed by atoms with Gasteiger partial charge < -0.3 is 19.2 Å². The predicted molar refractivity (Wildman–Crippen MR) is 131 cm³/mol. The van der Waals surface area contributed by atoms with Crippen LogP contribution in [0, 0.1) is 0 Å². The van der Waals surface area contributed by atoms with E-state index in [9.17, 15) is 0 Å². The zero-order valence-electron chi connectivity index (χ0n) is 19.1. The van der Waals surface area contributed by atoms with Gasteiger partial charge in [0.2, 0.25) is 0 Å². The van der Waals surface area contributed by atoms with E-state index in [1.807, 2.05) is 42.7 Å². The van der Waals surface area contributed by atoms with Crippen molar-refractivity contribution in [3.05, 3.63) is 66.6 Å². The molecule has 0 saturated carbocycles. The van der Waals surface area contributed by atoms with Crippen LogP contribution < -0.4 is 9.47 Å². The van der Waals surface area contributed by atoms with Crippen molar-refractivity contribution in [2.24, 2.45) is 0 Å². The minimum atomic E-state index is 0.805. The molecule has 1 N–H and O–H groups in total. The summed E-state index contributed by atoms with van der Waals surface area (Å²) < 4.78 is 16.6. The van der Waals surface area contributed by atoms with Crippen molar-refractivity contribution in [2.45, 2.75) is 6.42 Å². The Labute approximate surface area is 194 Å². The fraction of sp³-hybridized carbons (Fsp3) is 0.296. The molecular weight excluding hydrogens is 414 g/mol. The molecule has 33 heavy (non-hydrogen) atoms. The lowest BCUT2D eigenvalue weighted by molar-refractivity contribution is 0.0384. The van der Waals surface area contributed by atoms with Gasteiger partial charge in [-0.15, -0.1) is 0 Å². The molecule has 5 rings (SSSR count). The molecule has 0 amide bonds. The SMILES string of the molecule is COc1cccc(-c2cncc(-c3c(CCN4CCOCC4)[nH]c4c(OC)cccc34)c2)c1. The van der Waals surface area contributed by atoms with Crippen molar-refractivity contribution in [3.8, 4) is 33.8 Å². The molecule has 2 aromatic carbocycles. The maximum Gasteiger partial charge on any atom is 0.142 e. The Kier molecular flexibility index (Phi) is 6.28. The highest BCUT2D eigenvalue weighted by atomic mass is 16.5. The van der Waals surface area contributed by atoms with Crippen molar-refractivity contribution in [3.63, 3.8) is 0 Å². The predicted octanol–water partition coefficient (Wildman–Crippen LogP) is 4.79. The lowest BCUT2D eigenvalue weighted by atomic mass is 9.98. The molecule has 2 aromatic heterocycles. The second kappa shape index (κ2) is 9.65. The zero-order chi connectivity index (χ0) is 22.6. The van der Waals surface area contributed by atoms with Crippen LogP contribution in [0.3, 0.4) is 0 Å². The Balaban J connectivity index is 1.57. The number of aromatic amines is 1. The molecule has 0 bridgehead atoms. The first kappa shape index (κ1) is 21.5. The number of benzene rings is 2. The van der Waals surface area contributed by atoms with E-state index in [0.29, 0.717) is 0 Å². The Morgan fingerprint density at radius 3 is 2.58 bits per heavy atom. The Morgan fingerprint density at radius 2 is 1.76 bits per heavy atom. The zero-order valence-corrected chi connectivity index (χ0v) is 19.1. The lowest BCUT2D eigenvalue weighted by Gasteiger charge is -2.26. The summed E-state index contributed by atoms with van der Waals surface area (Å²) in [6.45, 7) is 4.55. The molecule has 0 spiro atoms. The van der Waals surface area contributed by atoms with E-state index in [1.54, 1.807) is 14.2 Å². The van der Waals surface area contributed by atoms with Crippen molar-refractivity contribution in [2.75, 3.05) is 47.1 Å². The number of morpholine rings is 1. The van der Waals surface area contributed by atoms with E-state index < -0.39 is 0 Å². The second-order valence-corrected chi connectivity index (χ2v) is 8.26. The molecule has 6 nitrogen and oxygen atoms in total. The van der Waals surface area contributed by atoms with E-state index in [0.717, 1.165) is 78.4 Å². The number of hydrogen-bond donors (Lipinski definition) is 1. The highest BCUT2D eigenvalue weighted by molar-refractivity contribution is 6.00. The molecule has 1 saturated heterocycles. The van der Waals surface area contributed by atoms with E-state index in [4.69, 9.17) is 14.2 Å². The summed E-state index contributed by atoms with van der Waals surface area (Å²) in [6, 6.07) is 16.5. The van der Waals surface area contributed by atoms with Gasteiger partial charge in [-0.2, -0.15) is 0 Å². The molecule has 0 atom stereocenters. The Bertz CT molecular complexity index is 1240. The standard InChI is InChI=1S/C27H29N3O3/c1-31-22-6-3-5-19(16-22)20-15-21(18-28-17-20)26-23-7-4-8-25(32-2)27(23)29-24(26)9-10-30-11-13-33-14-12-30/h3-8,15-18,29H,9-14H2,1-2H3. The van der Waals surface area contributed by atoms with Gasteiger partial charge in [0.15, 0.2) is 0 Å². The maximum atomic E-state index is 5.66. The van der Waals surface area contributed by atoms with Gasteiger partial charge in [-0.05, 0) is 29.8 Å². The minimum absolute atomic E-state index is 0.805. The number of rotatable bonds is 7. The first-order chi connectivity index (χ1) is 16.3. The van der Waals surface area contributed by atoms with Gasteiger partial charge in [0.05, 0.1) is 33.0 Å². The van der Waals surface area contributed by atoms with Crippen molar-refractivity contribution in [1.29, 1.82) is 0 Å². The minimum Gasteiger partial charge on any atom is -0.497 e. The normalized spacial score (nSPS) is 14.5. The average Bonchev–Trinajstić information content (AvgIpc) is 3.27. The van der Waals surface area contributed by atoms with E-state index in [1.165, 1.54) is 11.3 Å². The van der Waals surface area contributed by atoms with Crippen LogP contribution in [-0.4, -0.2) is 61.9 Å². The maximum absolute atomic E-state index is 5.66. The summed E-state index contributed by atoms with van der Waals surface area (Å²) in [5, 5.41) is 1.15. The number of para-hydroxylation sites is 1. The molecule has 0 aliphatic carbocycles. The first-order valence-electron chi connectivity index (χ1n) is 11.3.